The van der Waals surface area contributed by atoms with Gasteiger partial charge in [0, 0.05) is 43.3 Å². The summed E-state index contributed by atoms with van der Waals surface area (Å²) in [4.78, 5) is 3.32. The topological polar surface area (TPSA) is 65.6 Å². The monoisotopic (exact) mass is 349 g/mol. The third-order valence-corrected chi connectivity index (χ3v) is 7.17. The lowest BCUT2D eigenvalue weighted by atomic mass is 9.90. The molecule has 24 heavy (non-hydrogen) atoms. The molecule has 2 aliphatic heterocycles. The number of aromatic nitrogens is 1. The van der Waals surface area contributed by atoms with Gasteiger partial charge in [-0.15, -0.1) is 0 Å². The molecule has 0 saturated carbocycles. The molecule has 2 aliphatic rings. The fraction of sp³-hybridized carbons (Fsp3) is 0.529. The molecule has 2 saturated heterocycles. The van der Waals surface area contributed by atoms with Crippen molar-refractivity contribution in [3.05, 3.63) is 36.0 Å². The summed E-state index contributed by atoms with van der Waals surface area (Å²) in [6.45, 7) is 3.08. The van der Waals surface area contributed by atoms with Gasteiger partial charge in [-0.1, -0.05) is 18.2 Å². The van der Waals surface area contributed by atoms with Crippen LogP contribution < -0.4 is 0 Å². The van der Waals surface area contributed by atoms with E-state index in [-0.39, 0.29) is 0 Å². The molecule has 7 heteroatoms. The molecule has 0 spiro atoms. The molecule has 4 rings (SSSR count). The number of para-hydroxylation sites is 1. The lowest BCUT2D eigenvalue weighted by Gasteiger charge is -2.36. The number of fused-ring (bicyclic) bond motifs is 1. The zero-order valence-corrected chi connectivity index (χ0v) is 14.5. The summed E-state index contributed by atoms with van der Waals surface area (Å²) in [5, 5.41) is 1.26. The van der Waals surface area contributed by atoms with Crippen LogP contribution in [0.5, 0.6) is 0 Å². The van der Waals surface area contributed by atoms with Crippen LogP contribution in [0.3, 0.4) is 0 Å². The molecule has 2 aromatic rings. The lowest BCUT2D eigenvalue weighted by molar-refractivity contribution is 0.0696. The number of aromatic amines is 1. The Labute approximate surface area is 142 Å². The van der Waals surface area contributed by atoms with E-state index < -0.39 is 10.2 Å². The highest BCUT2D eigenvalue weighted by molar-refractivity contribution is 7.86. The second-order valence-corrected chi connectivity index (χ2v) is 8.41. The van der Waals surface area contributed by atoms with Gasteiger partial charge in [0.2, 0.25) is 0 Å². The molecule has 0 amide bonds. The highest BCUT2D eigenvalue weighted by Gasteiger charge is 2.34. The van der Waals surface area contributed by atoms with Crippen LogP contribution in [-0.4, -0.2) is 61.4 Å². The Balaban J connectivity index is 1.47. The van der Waals surface area contributed by atoms with Gasteiger partial charge in [0.15, 0.2) is 0 Å². The Morgan fingerprint density at radius 1 is 1.00 bits per heavy atom. The van der Waals surface area contributed by atoms with Gasteiger partial charge >= 0.3 is 0 Å². The largest absolute Gasteiger partial charge is 0.379 e. The van der Waals surface area contributed by atoms with Crippen molar-refractivity contribution in [3.8, 4) is 0 Å². The molecule has 0 bridgehead atoms. The predicted octanol–water partition coefficient (Wildman–Crippen LogP) is 1.92. The zero-order valence-electron chi connectivity index (χ0n) is 13.6. The number of piperidine rings is 1. The quantitative estimate of drug-likeness (QED) is 0.921. The Hall–Kier alpha value is -1.41. The Bertz CT molecular complexity index is 803. The molecule has 1 N–H and O–H groups in total. The molecule has 0 radical (unpaired) electrons. The minimum atomic E-state index is -3.34. The van der Waals surface area contributed by atoms with Crippen molar-refractivity contribution in [3.63, 3.8) is 0 Å². The van der Waals surface area contributed by atoms with Crippen molar-refractivity contribution in [1.29, 1.82) is 0 Å². The smallest absolute Gasteiger partial charge is 0.282 e. The van der Waals surface area contributed by atoms with E-state index in [4.69, 9.17) is 4.74 Å². The van der Waals surface area contributed by atoms with E-state index in [2.05, 4.69) is 29.4 Å². The minimum Gasteiger partial charge on any atom is -0.379 e. The number of morpholine rings is 1. The number of hydrogen-bond donors (Lipinski definition) is 1. The van der Waals surface area contributed by atoms with E-state index in [1.165, 1.54) is 10.9 Å². The van der Waals surface area contributed by atoms with Gasteiger partial charge in [-0.25, -0.2) is 0 Å². The number of H-pyrrole nitrogens is 1. The van der Waals surface area contributed by atoms with E-state index >= 15 is 0 Å². The summed E-state index contributed by atoms with van der Waals surface area (Å²) >= 11 is 0. The number of nitrogens with one attached hydrogen (secondary N) is 1. The van der Waals surface area contributed by atoms with Crippen molar-refractivity contribution in [2.45, 2.75) is 18.8 Å². The molecule has 2 fully saturated rings. The zero-order chi connectivity index (χ0) is 16.6. The number of rotatable bonds is 3. The fourth-order valence-electron chi connectivity index (χ4n) is 3.77. The summed E-state index contributed by atoms with van der Waals surface area (Å²) in [7, 11) is -3.34. The van der Waals surface area contributed by atoms with Crippen LogP contribution in [0, 0.1) is 0 Å². The minimum absolute atomic E-state index is 0.414. The van der Waals surface area contributed by atoms with Gasteiger partial charge in [0.1, 0.15) is 0 Å². The maximum Gasteiger partial charge on any atom is 0.282 e. The van der Waals surface area contributed by atoms with Crippen LogP contribution in [-0.2, 0) is 14.9 Å². The van der Waals surface area contributed by atoms with Gasteiger partial charge in [0.25, 0.3) is 10.2 Å². The lowest BCUT2D eigenvalue weighted by Crippen LogP contribution is -2.50. The average Bonchev–Trinajstić information content (AvgIpc) is 3.07. The maximum absolute atomic E-state index is 12.7. The Kier molecular flexibility index (Phi) is 4.34. The molecular formula is C17H23N3O3S. The molecule has 3 heterocycles. The van der Waals surface area contributed by atoms with Crippen LogP contribution in [0.1, 0.15) is 24.3 Å². The van der Waals surface area contributed by atoms with Crippen LogP contribution in [0.25, 0.3) is 10.9 Å². The summed E-state index contributed by atoms with van der Waals surface area (Å²) in [6, 6.07) is 8.30. The van der Waals surface area contributed by atoms with Crippen LogP contribution >= 0.6 is 0 Å². The van der Waals surface area contributed by atoms with E-state index in [1.54, 1.807) is 8.61 Å². The van der Waals surface area contributed by atoms with E-state index in [0.717, 1.165) is 18.4 Å². The standard InChI is InChI=1S/C17H23N3O3S/c21-24(22,20-9-11-23-12-10-20)19-7-5-14(6-8-19)16-13-18-17-4-2-1-3-15(16)17/h1-4,13-14,18H,5-12H2. The highest BCUT2D eigenvalue weighted by Crippen LogP contribution is 2.34. The molecule has 1 aromatic carbocycles. The molecular weight excluding hydrogens is 326 g/mol. The van der Waals surface area contributed by atoms with E-state index in [1.807, 2.05) is 6.07 Å². The summed E-state index contributed by atoms with van der Waals surface area (Å²) in [6.07, 6.45) is 3.82. The van der Waals surface area contributed by atoms with Gasteiger partial charge in [-0.2, -0.15) is 17.0 Å². The Morgan fingerprint density at radius 3 is 2.42 bits per heavy atom. The van der Waals surface area contributed by atoms with Gasteiger partial charge < -0.3 is 9.72 Å². The van der Waals surface area contributed by atoms with Crippen molar-refractivity contribution in [1.82, 2.24) is 13.6 Å². The molecule has 0 aliphatic carbocycles. The predicted molar refractivity (Wildman–Crippen MR) is 93.2 cm³/mol. The van der Waals surface area contributed by atoms with E-state index in [0.29, 0.717) is 45.3 Å². The Morgan fingerprint density at radius 2 is 1.67 bits per heavy atom. The number of hydrogen-bond acceptors (Lipinski definition) is 3. The first-order valence-corrected chi connectivity index (χ1v) is 9.95. The third-order valence-electron chi connectivity index (χ3n) is 5.14. The highest BCUT2D eigenvalue weighted by atomic mass is 32.2. The molecule has 0 unspecified atom stereocenters. The SMILES string of the molecule is O=S(=O)(N1CCOCC1)N1CCC(c2c[nH]c3ccccc23)CC1. The van der Waals surface area contributed by atoms with E-state index in [9.17, 15) is 8.42 Å². The van der Waals surface area contributed by atoms with Crippen LogP contribution in [0.4, 0.5) is 0 Å². The van der Waals surface area contributed by atoms with Crippen molar-refractivity contribution < 1.29 is 13.2 Å². The number of ether oxygens (including phenoxy) is 1. The first-order chi connectivity index (χ1) is 11.7. The number of nitrogens with zero attached hydrogens (tertiary/aromatic N) is 2. The average molecular weight is 349 g/mol. The van der Waals surface area contributed by atoms with Gasteiger partial charge in [-0.3, -0.25) is 0 Å². The van der Waals surface area contributed by atoms with Gasteiger partial charge in [-0.05, 0) is 30.4 Å². The molecule has 0 atom stereocenters. The van der Waals surface area contributed by atoms with Crippen molar-refractivity contribution in [2.24, 2.45) is 0 Å². The molecule has 6 nitrogen and oxygen atoms in total. The third kappa shape index (κ3) is 2.86. The van der Waals surface area contributed by atoms with Gasteiger partial charge in [0.05, 0.1) is 13.2 Å². The van der Waals surface area contributed by atoms with Crippen LogP contribution in [0.15, 0.2) is 30.5 Å². The first kappa shape index (κ1) is 16.1. The second kappa shape index (κ2) is 6.48. The number of benzene rings is 1. The first-order valence-electron chi connectivity index (χ1n) is 8.55. The van der Waals surface area contributed by atoms with Crippen molar-refractivity contribution in [2.75, 3.05) is 39.4 Å². The normalized spacial score (nSPS) is 22.2. The fourth-order valence-corrected chi connectivity index (χ4v) is 5.38. The van der Waals surface area contributed by atoms with Crippen molar-refractivity contribution >= 4 is 21.1 Å². The molecule has 1 aromatic heterocycles. The maximum atomic E-state index is 12.7. The summed E-state index contributed by atoms with van der Waals surface area (Å²) in [5.41, 5.74) is 2.46. The summed E-state index contributed by atoms with van der Waals surface area (Å²) < 4.78 is 33.9. The van der Waals surface area contributed by atoms with Crippen LogP contribution in [0.2, 0.25) is 0 Å². The molecule has 130 valence electrons. The summed E-state index contributed by atoms with van der Waals surface area (Å²) in [5.74, 6) is 0.414. The second-order valence-electron chi connectivity index (χ2n) is 6.48.